The molecule has 0 aromatic heterocycles. The fraction of sp³-hybridized carbons (Fsp3) is 0.889. The van der Waals surface area contributed by atoms with Crippen molar-refractivity contribution in [3.63, 3.8) is 0 Å². The molecule has 76 valence electrons. The number of nitrogens with zero attached hydrogens (tertiary/aromatic N) is 2. The summed E-state index contributed by atoms with van der Waals surface area (Å²) in [6.45, 7) is 5.36. The second-order valence-electron chi connectivity index (χ2n) is 3.71. The van der Waals surface area contributed by atoms with E-state index in [0.29, 0.717) is 6.04 Å². The Morgan fingerprint density at radius 3 is 2.54 bits per heavy atom. The maximum absolute atomic E-state index is 11.3. The standard InChI is InChI=1S/C9H18N2O2/c1-7-8(2)11(9(13)6-12)5-4-10(7)3/h7-8,12H,4-6H2,1-3H3. The van der Waals surface area contributed by atoms with E-state index in [9.17, 15) is 4.79 Å². The van der Waals surface area contributed by atoms with Crippen molar-refractivity contribution in [2.75, 3.05) is 26.7 Å². The van der Waals surface area contributed by atoms with E-state index in [4.69, 9.17) is 5.11 Å². The predicted molar refractivity (Wildman–Crippen MR) is 50.4 cm³/mol. The van der Waals surface area contributed by atoms with Crippen molar-refractivity contribution in [2.24, 2.45) is 0 Å². The molecule has 0 radical (unpaired) electrons. The van der Waals surface area contributed by atoms with Gasteiger partial charge in [-0.15, -0.1) is 0 Å². The molecule has 1 aliphatic rings. The van der Waals surface area contributed by atoms with Crippen LogP contribution in [0.3, 0.4) is 0 Å². The average molecular weight is 186 g/mol. The SMILES string of the molecule is CC1C(C)N(C(=O)CO)CCN1C. The van der Waals surface area contributed by atoms with E-state index in [1.165, 1.54) is 0 Å². The van der Waals surface area contributed by atoms with Crippen LogP contribution in [-0.4, -0.2) is 59.6 Å². The molecule has 1 amide bonds. The third kappa shape index (κ3) is 2.00. The van der Waals surface area contributed by atoms with Crippen molar-refractivity contribution in [3.05, 3.63) is 0 Å². The fourth-order valence-electron chi connectivity index (χ4n) is 1.74. The largest absolute Gasteiger partial charge is 0.387 e. The molecule has 1 N–H and O–H groups in total. The number of rotatable bonds is 1. The summed E-state index contributed by atoms with van der Waals surface area (Å²) in [5.74, 6) is -0.160. The molecule has 0 aliphatic carbocycles. The van der Waals surface area contributed by atoms with Gasteiger partial charge in [-0.25, -0.2) is 0 Å². The highest BCUT2D eigenvalue weighted by atomic mass is 16.3. The van der Waals surface area contributed by atoms with Gasteiger partial charge in [0.1, 0.15) is 6.61 Å². The van der Waals surface area contributed by atoms with Crippen LogP contribution in [0.2, 0.25) is 0 Å². The average Bonchev–Trinajstić information content (AvgIpc) is 2.13. The summed E-state index contributed by atoms with van der Waals surface area (Å²) in [7, 11) is 2.06. The van der Waals surface area contributed by atoms with Gasteiger partial charge in [-0.2, -0.15) is 0 Å². The number of carbonyl (C=O) groups excluding carboxylic acids is 1. The molecule has 0 saturated carbocycles. The zero-order valence-electron chi connectivity index (χ0n) is 8.53. The first-order chi connectivity index (χ1) is 6.07. The molecule has 1 fully saturated rings. The molecule has 1 aliphatic heterocycles. The smallest absolute Gasteiger partial charge is 0.248 e. The number of carbonyl (C=O) groups is 1. The van der Waals surface area contributed by atoms with Crippen molar-refractivity contribution in [1.29, 1.82) is 0 Å². The van der Waals surface area contributed by atoms with Crippen molar-refractivity contribution in [2.45, 2.75) is 25.9 Å². The van der Waals surface area contributed by atoms with Gasteiger partial charge in [0.15, 0.2) is 0 Å². The number of amides is 1. The molecule has 4 nitrogen and oxygen atoms in total. The first kappa shape index (κ1) is 10.5. The molecule has 13 heavy (non-hydrogen) atoms. The highest BCUT2D eigenvalue weighted by molar-refractivity contribution is 5.77. The van der Waals surface area contributed by atoms with Gasteiger partial charge in [0.2, 0.25) is 5.91 Å². The van der Waals surface area contributed by atoms with E-state index < -0.39 is 0 Å². The third-order valence-corrected chi connectivity index (χ3v) is 3.03. The van der Waals surface area contributed by atoms with Crippen molar-refractivity contribution in [1.82, 2.24) is 9.80 Å². The number of aliphatic hydroxyl groups is 1. The number of hydrogen-bond acceptors (Lipinski definition) is 3. The van der Waals surface area contributed by atoms with Crippen LogP contribution in [0.25, 0.3) is 0 Å². The maximum atomic E-state index is 11.3. The quantitative estimate of drug-likeness (QED) is 0.602. The minimum atomic E-state index is -0.374. The highest BCUT2D eigenvalue weighted by Gasteiger charge is 2.30. The second-order valence-corrected chi connectivity index (χ2v) is 3.71. The van der Waals surface area contributed by atoms with Gasteiger partial charge < -0.3 is 10.0 Å². The van der Waals surface area contributed by atoms with Gasteiger partial charge in [-0.05, 0) is 20.9 Å². The van der Waals surface area contributed by atoms with Crippen LogP contribution in [-0.2, 0) is 4.79 Å². The Kier molecular flexibility index (Phi) is 3.27. The molecule has 2 atom stereocenters. The van der Waals surface area contributed by atoms with Crippen molar-refractivity contribution >= 4 is 5.91 Å². The fourth-order valence-corrected chi connectivity index (χ4v) is 1.74. The molecule has 2 unspecified atom stereocenters. The summed E-state index contributed by atoms with van der Waals surface area (Å²) in [4.78, 5) is 15.3. The maximum Gasteiger partial charge on any atom is 0.248 e. The van der Waals surface area contributed by atoms with E-state index in [1.807, 2.05) is 6.92 Å². The van der Waals surface area contributed by atoms with Gasteiger partial charge in [0.25, 0.3) is 0 Å². The predicted octanol–water partition coefficient (Wildman–Crippen LogP) is -0.470. The molecule has 1 rings (SSSR count). The van der Waals surface area contributed by atoms with E-state index in [1.54, 1.807) is 4.90 Å². The van der Waals surface area contributed by atoms with E-state index in [2.05, 4.69) is 18.9 Å². The minimum Gasteiger partial charge on any atom is -0.387 e. The lowest BCUT2D eigenvalue weighted by atomic mass is 10.1. The number of aliphatic hydroxyl groups excluding tert-OH is 1. The van der Waals surface area contributed by atoms with Crippen LogP contribution in [0, 0.1) is 0 Å². The number of piperazine rings is 1. The van der Waals surface area contributed by atoms with Crippen LogP contribution in [0.5, 0.6) is 0 Å². The third-order valence-electron chi connectivity index (χ3n) is 3.03. The van der Waals surface area contributed by atoms with Crippen LogP contribution < -0.4 is 0 Å². The Morgan fingerprint density at radius 1 is 1.38 bits per heavy atom. The van der Waals surface area contributed by atoms with Gasteiger partial charge in [-0.3, -0.25) is 9.69 Å². The zero-order chi connectivity index (χ0) is 10.0. The van der Waals surface area contributed by atoms with Gasteiger partial charge in [0.05, 0.1) is 0 Å². The molecular formula is C9H18N2O2. The number of hydrogen-bond donors (Lipinski definition) is 1. The molecule has 4 heteroatoms. The first-order valence-electron chi connectivity index (χ1n) is 4.68. The lowest BCUT2D eigenvalue weighted by molar-refractivity contribution is -0.140. The molecule has 0 bridgehead atoms. The lowest BCUT2D eigenvalue weighted by Crippen LogP contribution is -2.58. The monoisotopic (exact) mass is 186 g/mol. The molecule has 1 saturated heterocycles. The van der Waals surface area contributed by atoms with E-state index in [0.717, 1.165) is 13.1 Å². The molecule has 1 heterocycles. The Labute approximate surface area is 79.1 Å². The zero-order valence-corrected chi connectivity index (χ0v) is 8.53. The normalized spacial score (nSPS) is 30.6. The lowest BCUT2D eigenvalue weighted by Gasteiger charge is -2.43. The van der Waals surface area contributed by atoms with Crippen LogP contribution in [0.15, 0.2) is 0 Å². The van der Waals surface area contributed by atoms with Gasteiger partial charge in [-0.1, -0.05) is 0 Å². The van der Waals surface area contributed by atoms with Crippen LogP contribution in [0.1, 0.15) is 13.8 Å². The summed E-state index contributed by atoms with van der Waals surface area (Å²) in [6, 6.07) is 0.558. The summed E-state index contributed by atoms with van der Waals surface area (Å²) in [5, 5.41) is 8.75. The van der Waals surface area contributed by atoms with Crippen molar-refractivity contribution in [3.8, 4) is 0 Å². The molecule has 0 aromatic rings. The van der Waals surface area contributed by atoms with Crippen molar-refractivity contribution < 1.29 is 9.90 Å². The Bertz CT molecular complexity index is 196. The van der Waals surface area contributed by atoms with Crippen LogP contribution in [0.4, 0.5) is 0 Å². The first-order valence-corrected chi connectivity index (χ1v) is 4.68. The van der Waals surface area contributed by atoms with E-state index in [-0.39, 0.29) is 18.6 Å². The Morgan fingerprint density at radius 2 is 2.00 bits per heavy atom. The minimum absolute atomic E-state index is 0.160. The Balaban J connectivity index is 2.63. The summed E-state index contributed by atoms with van der Waals surface area (Å²) < 4.78 is 0. The summed E-state index contributed by atoms with van der Waals surface area (Å²) >= 11 is 0. The Hall–Kier alpha value is -0.610. The summed E-state index contributed by atoms with van der Waals surface area (Å²) in [5.41, 5.74) is 0. The van der Waals surface area contributed by atoms with Crippen LogP contribution >= 0.6 is 0 Å². The molecular weight excluding hydrogens is 168 g/mol. The highest BCUT2D eigenvalue weighted by Crippen LogP contribution is 2.14. The van der Waals surface area contributed by atoms with Gasteiger partial charge in [0, 0.05) is 25.2 Å². The molecule has 0 spiro atoms. The summed E-state index contributed by atoms with van der Waals surface area (Å²) in [6.07, 6.45) is 0. The second kappa shape index (κ2) is 4.07. The van der Waals surface area contributed by atoms with Gasteiger partial charge >= 0.3 is 0 Å². The topological polar surface area (TPSA) is 43.8 Å². The number of likely N-dealkylation sites (N-methyl/N-ethyl adjacent to an activating group) is 1. The van der Waals surface area contributed by atoms with E-state index >= 15 is 0 Å². The molecule has 0 aromatic carbocycles.